The Morgan fingerprint density at radius 3 is 2.67 bits per heavy atom. The van der Waals surface area contributed by atoms with Crippen LogP contribution in [0.4, 0.5) is 5.82 Å². The van der Waals surface area contributed by atoms with Gasteiger partial charge in [-0.25, -0.2) is 4.98 Å². The van der Waals surface area contributed by atoms with E-state index in [1.165, 1.54) is 17.7 Å². The molecule has 0 saturated heterocycles. The number of ketones is 1. The van der Waals surface area contributed by atoms with E-state index in [0.29, 0.717) is 21.8 Å². The lowest BCUT2D eigenvalue weighted by atomic mass is 10.0. The fourth-order valence-electron chi connectivity index (χ4n) is 2.50. The Balaban J connectivity index is 2.08. The van der Waals surface area contributed by atoms with E-state index >= 15 is 0 Å². The zero-order valence-electron chi connectivity index (χ0n) is 12.5. The molecule has 0 radical (unpaired) electrons. The van der Waals surface area contributed by atoms with Gasteiger partial charge in [0.2, 0.25) is 5.65 Å². The van der Waals surface area contributed by atoms with Crippen LogP contribution in [-0.4, -0.2) is 27.2 Å². The number of rotatable bonds is 5. The molecular weight excluding hydrogens is 334 g/mol. The van der Waals surface area contributed by atoms with Crippen molar-refractivity contribution < 1.29 is 14.5 Å². The Hall–Kier alpha value is -2.77. The maximum absolute atomic E-state index is 12.7. The number of ether oxygens (including phenoxy) is 1. The van der Waals surface area contributed by atoms with Gasteiger partial charge in [-0.2, -0.15) is 4.40 Å². The molecule has 0 bridgehead atoms. The van der Waals surface area contributed by atoms with Crippen molar-refractivity contribution in [1.29, 1.82) is 0 Å². The van der Waals surface area contributed by atoms with Gasteiger partial charge in [-0.1, -0.05) is 11.6 Å². The van der Waals surface area contributed by atoms with Crippen LogP contribution in [0, 0.1) is 10.1 Å². The Morgan fingerprint density at radius 1 is 1.33 bits per heavy atom. The molecule has 0 N–H and O–H groups in total. The minimum absolute atomic E-state index is 0.180. The van der Waals surface area contributed by atoms with E-state index in [4.69, 9.17) is 16.3 Å². The van der Waals surface area contributed by atoms with Crippen molar-refractivity contribution in [2.45, 2.75) is 6.10 Å². The van der Waals surface area contributed by atoms with Gasteiger partial charge in [0.05, 0.1) is 11.8 Å². The fourth-order valence-corrected chi connectivity index (χ4v) is 2.63. The number of nitro groups is 1. The first-order chi connectivity index (χ1) is 11.5. The largest absolute Gasteiger partial charge is 0.368 e. The zero-order chi connectivity index (χ0) is 17.3. The number of hydrogen-bond acceptors (Lipinski definition) is 5. The van der Waals surface area contributed by atoms with Crippen LogP contribution in [0.2, 0.25) is 5.02 Å². The summed E-state index contributed by atoms with van der Waals surface area (Å²) in [5.74, 6) is -0.464. The van der Waals surface area contributed by atoms with Crippen molar-refractivity contribution in [2.75, 3.05) is 7.11 Å². The van der Waals surface area contributed by atoms with E-state index in [-0.39, 0.29) is 11.6 Å². The lowest BCUT2D eigenvalue weighted by molar-refractivity contribution is -0.390. The molecule has 1 aromatic carbocycles. The maximum atomic E-state index is 12.7. The monoisotopic (exact) mass is 345 g/mol. The highest BCUT2D eigenvalue weighted by atomic mass is 35.5. The summed E-state index contributed by atoms with van der Waals surface area (Å²) in [6, 6.07) is 9.70. The molecule has 8 heteroatoms. The van der Waals surface area contributed by atoms with Gasteiger partial charge < -0.3 is 14.9 Å². The van der Waals surface area contributed by atoms with Gasteiger partial charge in [-0.15, -0.1) is 0 Å². The number of pyridine rings is 1. The Kier molecular flexibility index (Phi) is 4.28. The number of Topliss-reactive ketones (excluding diaryl/α,β-unsaturated/α-hetero) is 1. The van der Waals surface area contributed by atoms with E-state index in [2.05, 4.69) is 4.98 Å². The van der Waals surface area contributed by atoms with Crippen molar-refractivity contribution in [2.24, 2.45) is 0 Å². The molecule has 2 aromatic heterocycles. The van der Waals surface area contributed by atoms with Crippen LogP contribution in [0.15, 0.2) is 48.8 Å². The van der Waals surface area contributed by atoms with Gasteiger partial charge in [-0.05, 0) is 41.3 Å². The highest BCUT2D eigenvalue weighted by Gasteiger charge is 2.27. The second-order valence-electron chi connectivity index (χ2n) is 5.02. The number of fused-ring (bicyclic) bond motifs is 1. The third-order valence-electron chi connectivity index (χ3n) is 3.62. The molecule has 24 heavy (non-hydrogen) atoms. The molecule has 3 aromatic rings. The second kappa shape index (κ2) is 6.38. The van der Waals surface area contributed by atoms with Crippen molar-refractivity contribution in [1.82, 2.24) is 9.38 Å². The van der Waals surface area contributed by atoms with Crippen molar-refractivity contribution >= 4 is 28.8 Å². The van der Waals surface area contributed by atoms with Crippen LogP contribution in [0.25, 0.3) is 5.65 Å². The average Bonchev–Trinajstić information content (AvgIpc) is 3.01. The molecule has 2 heterocycles. The molecule has 0 aliphatic rings. The summed E-state index contributed by atoms with van der Waals surface area (Å²) in [6.45, 7) is 0. The number of hydrogen-bond donors (Lipinski definition) is 0. The number of nitrogens with zero attached hydrogens (tertiary/aromatic N) is 3. The Labute approximate surface area is 141 Å². The molecule has 0 saturated carbocycles. The summed E-state index contributed by atoms with van der Waals surface area (Å²) in [5, 5.41) is 11.6. The van der Waals surface area contributed by atoms with E-state index in [1.54, 1.807) is 36.4 Å². The molecule has 1 atom stereocenters. The quantitative estimate of drug-likeness (QED) is 0.401. The van der Waals surface area contributed by atoms with E-state index in [9.17, 15) is 14.9 Å². The smallest absolute Gasteiger partial charge is 0.347 e. The number of methoxy groups -OCH3 is 1. The predicted molar refractivity (Wildman–Crippen MR) is 87.4 cm³/mol. The first kappa shape index (κ1) is 16.1. The van der Waals surface area contributed by atoms with Gasteiger partial charge in [0.15, 0.2) is 11.9 Å². The third-order valence-corrected chi connectivity index (χ3v) is 3.87. The predicted octanol–water partition coefficient (Wildman–Crippen LogP) is 3.47. The van der Waals surface area contributed by atoms with Gasteiger partial charge in [-0.3, -0.25) is 4.79 Å². The van der Waals surface area contributed by atoms with E-state index in [1.807, 2.05) is 0 Å². The summed E-state index contributed by atoms with van der Waals surface area (Å²) in [5.41, 5.74) is 1.18. The van der Waals surface area contributed by atoms with Gasteiger partial charge in [0, 0.05) is 17.7 Å². The van der Waals surface area contributed by atoms with Gasteiger partial charge in [0.25, 0.3) is 0 Å². The van der Waals surface area contributed by atoms with Gasteiger partial charge in [0.1, 0.15) is 6.20 Å². The van der Waals surface area contributed by atoms with E-state index < -0.39 is 11.0 Å². The van der Waals surface area contributed by atoms with Gasteiger partial charge >= 0.3 is 5.82 Å². The Bertz CT molecular complexity index is 921. The summed E-state index contributed by atoms with van der Waals surface area (Å²) in [4.78, 5) is 27.3. The highest BCUT2D eigenvalue weighted by molar-refractivity contribution is 6.30. The third kappa shape index (κ3) is 2.75. The normalized spacial score (nSPS) is 12.2. The van der Waals surface area contributed by atoms with Crippen LogP contribution in [-0.2, 0) is 4.74 Å². The number of imidazole rings is 1. The first-order valence-corrected chi connectivity index (χ1v) is 7.33. The molecule has 0 spiro atoms. The molecule has 122 valence electrons. The number of carbonyl (C=O) groups excluding carboxylic acids is 1. The second-order valence-corrected chi connectivity index (χ2v) is 5.45. The van der Waals surface area contributed by atoms with Crippen LogP contribution < -0.4 is 0 Å². The molecule has 1 unspecified atom stereocenters. The molecule has 3 rings (SSSR count). The summed E-state index contributed by atoms with van der Waals surface area (Å²) >= 11 is 5.84. The van der Waals surface area contributed by atoms with Crippen molar-refractivity contribution in [3.8, 4) is 0 Å². The highest BCUT2D eigenvalue weighted by Crippen LogP contribution is 2.27. The summed E-state index contributed by atoms with van der Waals surface area (Å²) < 4.78 is 6.67. The average molecular weight is 346 g/mol. The Morgan fingerprint density at radius 2 is 2.04 bits per heavy atom. The van der Waals surface area contributed by atoms with Crippen LogP contribution in [0.5, 0.6) is 0 Å². The number of benzene rings is 1. The minimum atomic E-state index is -0.933. The SMILES string of the molecule is COC(C(=O)c1ccc(Cl)cc1)c1cccn2c([N+](=O)[O-])cnc12. The number of aromatic nitrogens is 2. The maximum Gasteiger partial charge on any atom is 0.347 e. The van der Waals surface area contributed by atoms with Crippen LogP contribution in [0.3, 0.4) is 0 Å². The molecule has 0 fully saturated rings. The van der Waals surface area contributed by atoms with Crippen molar-refractivity contribution in [3.63, 3.8) is 0 Å². The zero-order valence-corrected chi connectivity index (χ0v) is 13.3. The molecule has 0 amide bonds. The minimum Gasteiger partial charge on any atom is -0.368 e. The lowest BCUT2D eigenvalue weighted by Crippen LogP contribution is -2.16. The number of halogens is 1. The van der Waals surface area contributed by atoms with Crippen molar-refractivity contribution in [3.05, 3.63) is 75.1 Å². The molecule has 0 aliphatic carbocycles. The lowest BCUT2D eigenvalue weighted by Gasteiger charge is -2.14. The molecule has 7 nitrogen and oxygen atoms in total. The first-order valence-electron chi connectivity index (χ1n) is 6.96. The van der Waals surface area contributed by atoms with Crippen LogP contribution in [0.1, 0.15) is 22.0 Å². The summed E-state index contributed by atoms with van der Waals surface area (Å²) in [7, 11) is 1.40. The number of carbonyl (C=O) groups is 1. The molecule has 0 aliphatic heterocycles. The van der Waals surface area contributed by atoms with Crippen LogP contribution >= 0.6 is 11.6 Å². The molecular formula is C16H12ClN3O4. The topological polar surface area (TPSA) is 86.7 Å². The summed E-state index contributed by atoms with van der Waals surface area (Å²) in [6.07, 6.45) is 1.73. The van der Waals surface area contributed by atoms with E-state index in [0.717, 1.165) is 6.20 Å². The fraction of sp³-hybridized carbons (Fsp3) is 0.125. The standard InChI is InChI=1S/C16H12ClN3O4/c1-24-15(14(21)10-4-6-11(17)7-5-10)12-3-2-8-19-13(20(22)23)9-18-16(12)19/h2-9,15H,1H3.